The van der Waals surface area contributed by atoms with E-state index in [4.69, 9.17) is 34.8 Å². The first-order valence-corrected chi connectivity index (χ1v) is 10.1. The van der Waals surface area contributed by atoms with Crippen LogP contribution in [0.15, 0.2) is 24.3 Å². The zero-order valence-corrected chi connectivity index (χ0v) is 17.1. The molecule has 0 aromatic heterocycles. The first kappa shape index (κ1) is 22.0. The molecule has 1 aromatic carbocycles. The number of carbonyl (C=O) groups is 2. The fourth-order valence-corrected chi connectivity index (χ4v) is 2.71. The fourth-order valence-electron chi connectivity index (χ4n) is 1.51. The Morgan fingerprint density at radius 1 is 1.25 bits per heavy atom. The van der Waals surface area contributed by atoms with E-state index in [1.54, 1.807) is 12.1 Å². The number of hydrogen-bond acceptors (Lipinski definition) is 4. The third-order valence-corrected chi connectivity index (χ3v) is 4.77. The molecule has 24 heavy (non-hydrogen) atoms. The lowest BCUT2D eigenvalue weighted by Crippen LogP contribution is -2.38. The monoisotopic (exact) mass is 529 g/mol. The second-order valence-electron chi connectivity index (χ2n) is 4.57. The molecule has 1 rings (SSSR count). The van der Waals surface area contributed by atoms with Crippen LogP contribution in [0.5, 0.6) is 0 Å². The number of amides is 1. The molecule has 1 atom stereocenters. The van der Waals surface area contributed by atoms with Gasteiger partial charge in [-0.25, -0.2) is 4.79 Å². The van der Waals surface area contributed by atoms with Crippen molar-refractivity contribution in [1.29, 1.82) is 0 Å². The van der Waals surface area contributed by atoms with Crippen molar-refractivity contribution in [3.8, 4) is 0 Å². The highest BCUT2D eigenvalue weighted by molar-refractivity contribution is 14.1. The molecule has 1 unspecified atom stereocenters. The molecule has 0 heterocycles. The van der Waals surface area contributed by atoms with Crippen LogP contribution >= 0.6 is 65.0 Å². The van der Waals surface area contributed by atoms with Crippen molar-refractivity contribution in [1.82, 2.24) is 5.32 Å². The maximum atomic E-state index is 12.1. The van der Waals surface area contributed by atoms with Gasteiger partial charge in [0.05, 0.1) is 0 Å². The second-order valence-corrected chi connectivity index (χ2v) is 10.1. The summed E-state index contributed by atoms with van der Waals surface area (Å²) in [5.41, 5.74) is 0.255. The summed E-state index contributed by atoms with van der Waals surface area (Å²) in [4.78, 5) is 42.3. The van der Waals surface area contributed by atoms with E-state index in [2.05, 4.69) is 4.74 Å². The Balaban J connectivity index is 2.76. The summed E-state index contributed by atoms with van der Waals surface area (Å²) in [6, 6.07) is 6.37. The number of alkyl carbamates (subject to hydrolysis) is 1. The van der Waals surface area contributed by atoms with Crippen molar-refractivity contribution in [2.45, 2.75) is 16.0 Å². The van der Waals surface area contributed by atoms with E-state index in [1.165, 1.54) is 12.1 Å². The number of nitrogens with one attached hydrogen (secondary N) is 1. The summed E-state index contributed by atoms with van der Waals surface area (Å²) in [6.07, 6.45) is -1.83. The number of halogens is 4. The van der Waals surface area contributed by atoms with E-state index in [0.717, 1.165) is 3.57 Å². The molecular weight excluding hydrogens is 518 g/mol. The van der Waals surface area contributed by atoms with Crippen LogP contribution in [0, 0.1) is 3.57 Å². The number of ether oxygens (including phenoxy) is 1. The van der Waals surface area contributed by atoms with Crippen molar-refractivity contribution < 1.29 is 28.7 Å². The van der Waals surface area contributed by atoms with Crippen LogP contribution < -0.4 is 5.32 Å². The van der Waals surface area contributed by atoms with E-state index in [-0.39, 0.29) is 5.56 Å². The zero-order chi connectivity index (χ0) is 18.5. The van der Waals surface area contributed by atoms with Gasteiger partial charge in [-0.05, 0) is 34.7 Å². The summed E-state index contributed by atoms with van der Waals surface area (Å²) in [5.74, 6) is -2.31. The van der Waals surface area contributed by atoms with Gasteiger partial charge in [-0.15, -0.1) is 0 Å². The minimum absolute atomic E-state index is 0.255. The smallest absolute Gasteiger partial charge is 0.408 e. The van der Waals surface area contributed by atoms with E-state index in [0.29, 0.717) is 0 Å². The van der Waals surface area contributed by atoms with Crippen molar-refractivity contribution in [2.24, 2.45) is 0 Å². The largest absolute Gasteiger partial charge is 0.445 e. The lowest BCUT2D eigenvalue weighted by Gasteiger charge is -2.20. The maximum Gasteiger partial charge on any atom is 0.408 e. The lowest BCUT2D eigenvalue weighted by molar-refractivity contribution is 0.0970. The highest BCUT2D eigenvalue weighted by Crippen LogP contribution is 2.42. The first-order valence-electron chi connectivity index (χ1n) is 6.22. The van der Waals surface area contributed by atoms with Gasteiger partial charge in [0.25, 0.3) is 0 Å². The van der Waals surface area contributed by atoms with Gasteiger partial charge in [0.1, 0.15) is 12.4 Å². The summed E-state index contributed by atoms with van der Waals surface area (Å²) >= 11 is 18.2. The Morgan fingerprint density at radius 3 is 2.25 bits per heavy atom. The molecule has 1 aromatic rings. The van der Waals surface area contributed by atoms with Gasteiger partial charge < -0.3 is 19.8 Å². The highest BCUT2D eigenvalue weighted by atomic mass is 127. The average Bonchev–Trinajstić information content (AvgIpc) is 2.43. The van der Waals surface area contributed by atoms with Gasteiger partial charge >= 0.3 is 13.7 Å². The quantitative estimate of drug-likeness (QED) is 0.225. The standard InChI is InChI=1S/C12H12Cl3INO6P/c13-12(14,15)6-23-11(19)17-10(24(20,21)22)5-9(18)7-1-3-8(16)4-2-7/h1-4,10H,5-6H2,(H,17,19)(H2,20,21,22). The molecule has 0 aliphatic heterocycles. The summed E-state index contributed by atoms with van der Waals surface area (Å²) < 4.78 is 15.0. The number of ketones is 1. The fraction of sp³-hybridized carbons (Fsp3) is 0.333. The number of alkyl halides is 3. The molecule has 0 saturated carbocycles. The molecule has 0 radical (unpaired) electrons. The SMILES string of the molecule is O=C(NC(CC(=O)c1ccc(I)cc1)P(=O)(O)O)OCC(Cl)(Cl)Cl. The van der Waals surface area contributed by atoms with E-state index in [9.17, 15) is 23.9 Å². The average molecular weight is 530 g/mol. The van der Waals surface area contributed by atoms with Crippen molar-refractivity contribution in [3.63, 3.8) is 0 Å². The molecule has 3 N–H and O–H groups in total. The molecule has 0 spiro atoms. The van der Waals surface area contributed by atoms with E-state index < -0.39 is 42.1 Å². The molecule has 0 aliphatic carbocycles. The van der Waals surface area contributed by atoms with E-state index in [1.807, 2.05) is 27.9 Å². The normalized spacial score (nSPS) is 13.2. The predicted octanol–water partition coefficient (Wildman–Crippen LogP) is 3.46. The molecule has 7 nitrogen and oxygen atoms in total. The third kappa shape index (κ3) is 8.33. The van der Waals surface area contributed by atoms with Gasteiger partial charge in [0, 0.05) is 15.6 Å². The Kier molecular flexibility index (Phi) is 8.25. The summed E-state index contributed by atoms with van der Waals surface area (Å²) in [5, 5.41) is 1.92. The van der Waals surface area contributed by atoms with Crippen LogP contribution in [0.1, 0.15) is 16.8 Å². The molecule has 134 valence electrons. The molecule has 0 saturated heterocycles. The Labute approximate surface area is 166 Å². The van der Waals surface area contributed by atoms with Gasteiger partial charge in [0.2, 0.25) is 3.79 Å². The minimum atomic E-state index is -4.81. The molecule has 0 fully saturated rings. The van der Waals surface area contributed by atoms with Gasteiger partial charge in [-0.3, -0.25) is 9.36 Å². The first-order chi connectivity index (χ1) is 10.9. The number of Topliss-reactive ketones (excluding diaryl/α,β-unsaturated/α-hetero) is 1. The lowest BCUT2D eigenvalue weighted by atomic mass is 10.1. The number of carbonyl (C=O) groups excluding carboxylic acids is 2. The second kappa shape index (κ2) is 9.02. The summed E-state index contributed by atoms with van der Waals surface area (Å²) in [7, 11) is -4.81. The van der Waals surface area contributed by atoms with Gasteiger partial charge in [0.15, 0.2) is 5.78 Å². The van der Waals surface area contributed by atoms with Crippen LogP contribution in [0.3, 0.4) is 0 Å². The molecule has 0 aliphatic rings. The Morgan fingerprint density at radius 2 is 1.79 bits per heavy atom. The third-order valence-electron chi connectivity index (χ3n) is 2.60. The molecule has 1 amide bonds. The molecule has 12 heteroatoms. The highest BCUT2D eigenvalue weighted by Gasteiger charge is 2.34. The Hall–Kier alpha value is -0.0900. The predicted molar refractivity (Wildman–Crippen MR) is 98.7 cm³/mol. The topological polar surface area (TPSA) is 113 Å². The van der Waals surface area contributed by atoms with Crippen molar-refractivity contribution in [3.05, 3.63) is 33.4 Å². The summed E-state index contributed by atoms with van der Waals surface area (Å²) in [6.45, 7) is -0.623. The van der Waals surface area contributed by atoms with Gasteiger partial charge in [-0.1, -0.05) is 46.9 Å². The number of rotatable bonds is 6. The maximum absolute atomic E-state index is 12.1. The van der Waals surface area contributed by atoms with Crippen LogP contribution in [-0.4, -0.2) is 37.8 Å². The van der Waals surface area contributed by atoms with Crippen LogP contribution in [0.2, 0.25) is 0 Å². The van der Waals surface area contributed by atoms with Crippen molar-refractivity contribution >= 4 is 76.9 Å². The van der Waals surface area contributed by atoms with Crippen LogP contribution in [0.25, 0.3) is 0 Å². The number of hydrogen-bond donors (Lipinski definition) is 3. The van der Waals surface area contributed by atoms with Crippen LogP contribution in [-0.2, 0) is 9.30 Å². The zero-order valence-electron chi connectivity index (χ0n) is 11.8. The number of benzene rings is 1. The molecular formula is C12H12Cl3INO6P. The van der Waals surface area contributed by atoms with Crippen molar-refractivity contribution in [2.75, 3.05) is 6.61 Å². The Bertz CT molecular complexity index is 645. The van der Waals surface area contributed by atoms with Gasteiger partial charge in [-0.2, -0.15) is 0 Å². The minimum Gasteiger partial charge on any atom is -0.445 e. The van der Waals surface area contributed by atoms with Crippen LogP contribution in [0.4, 0.5) is 4.79 Å². The van der Waals surface area contributed by atoms with E-state index >= 15 is 0 Å². The molecule has 0 bridgehead atoms.